The maximum absolute atomic E-state index is 12.6. The molecule has 2 aromatic carbocycles. The largest absolute Gasteiger partial charge is 0.497 e. The highest BCUT2D eigenvalue weighted by molar-refractivity contribution is 5.92. The number of guanidine groups is 1. The molecule has 0 atom stereocenters. The van der Waals surface area contributed by atoms with Crippen molar-refractivity contribution in [3.8, 4) is 23.0 Å². The minimum atomic E-state index is -2.96. The summed E-state index contributed by atoms with van der Waals surface area (Å²) in [7, 11) is 1.57. The summed E-state index contributed by atoms with van der Waals surface area (Å²) in [5, 5.41) is 2.90. The minimum Gasteiger partial charge on any atom is -0.497 e. The van der Waals surface area contributed by atoms with Crippen molar-refractivity contribution in [2.75, 3.05) is 19.2 Å². The molecule has 0 fully saturated rings. The molecule has 3 rings (SSSR count). The molecule has 3 N–H and O–H groups in total. The smallest absolute Gasteiger partial charge is 0.387 e. The molecule has 1 aliphatic heterocycles. The fraction of sp³-hybridized carbons (Fsp3) is 0.235. The summed E-state index contributed by atoms with van der Waals surface area (Å²) >= 11 is 0. The summed E-state index contributed by atoms with van der Waals surface area (Å²) in [6, 6.07) is 9.97. The lowest BCUT2D eigenvalue weighted by molar-refractivity contribution is -0.0505. The topological polar surface area (TPSA) is 87.3 Å². The Morgan fingerprint density at radius 2 is 1.92 bits per heavy atom. The molecule has 0 aromatic heterocycles. The Kier molecular flexibility index (Phi) is 5.26. The maximum Gasteiger partial charge on any atom is 0.387 e. The van der Waals surface area contributed by atoms with Crippen molar-refractivity contribution in [1.29, 1.82) is 0 Å². The predicted octanol–water partition coefficient (Wildman–Crippen LogP) is 2.95. The van der Waals surface area contributed by atoms with Gasteiger partial charge in [0.2, 0.25) is 6.79 Å². The summed E-state index contributed by atoms with van der Waals surface area (Å²) in [5.41, 5.74) is 6.96. The van der Waals surface area contributed by atoms with Crippen molar-refractivity contribution < 1.29 is 27.7 Å². The van der Waals surface area contributed by atoms with Crippen LogP contribution in [0.2, 0.25) is 0 Å². The van der Waals surface area contributed by atoms with Crippen molar-refractivity contribution in [2.24, 2.45) is 10.7 Å². The van der Waals surface area contributed by atoms with Crippen LogP contribution in [0, 0.1) is 0 Å². The van der Waals surface area contributed by atoms with Crippen molar-refractivity contribution in [3.63, 3.8) is 0 Å². The molecule has 0 amide bonds. The highest BCUT2D eigenvalue weighted by Crippen LogP contribution is 2.39. The average Bonchev–Trinajstić information content (AvgIpc) is 3.07. The third-order valence-electron chi connectivity index (χ3n) is 3.55. The van der Waals surface area contributed by atoms with E-state index in [1.807, 2.05) is 0 Å². The SMILES string of the molecule is COc1ccc(NC(N)=NCc2cc3c(cc2OC(F)F)OCO3)cc1. The molecule has 0 spiro atoms. The number of nitrogens with one attached hydrogen (secondary N) is 1. The first-order chi connectivity index (χ1) is 12.5. The Morgan fingerprint density at radius 1 is 1.23 bits per heavy atom. The van der Waals surface area contributed by atoms with Crippen LogP contribution >= 0.6 is 0 Å². The molecule has 0 saturated heterocycles. The van der Waals surface area contributed by atoms with E-state index >= 15 is 0 Å². The van der Waals surface area contributed by atoms with Gasteiger partial charge in [-0.05, 0) is 30.3 Å². The van der Waals surface area contributed by atoms with Crippen LogP contribution in [-0.4, -0.2) is 26.5 Å². The zero-order chi connectivity index (χ0) is 18.5. The number of methoxy groups -OCH3 is 1. The quantitative estimate of drug-likeness (QED) is 0.605. The van der Waals surface area contributed by atoms with Gasteiger partial charge in [-0.2, -0.15) is 8.78 Å². The predicted molar refractivity (Wildman–Crippen MR) is 91.1 cm³/mol. The third-order valence-corrected chi connectivity index (χ3v) is 3.55. The van der Waals surface area contributed by atoms with E-state index in [4.69, 9.17) is 19.9 Å². The maximum atomic E-state index is 12.6. The van der Waals surface area contributed by atoms with Crippen molar-refractivity contribution in [1.82, 2.24) is 0 Å². The fourth-order valence-corrected chi connectivity index (χ4v) is 2.33. The number of fused-ring (bicyclic) bond motifs is 1. The second-order valence-corrected chi connectivity index (χ2v) is 5.25. The normalized spacial score (nSPS) is 13.0. The number of benzene rings is 2. The standard InChI is InChI=1S/C17H17F2N3O4/c1-23-12-4-2-11(3-5-12)22-17(20)21-8-10-6-14-15(25-9-24-14)7-13(10)26-16(18)19/h2-7,16H,8-9H2,1H3,(H3,20,21,22). The highest BCUT2D eigenvalue weighted by Gasteiger charge is 2.19. The molecular weight excluding hydrogens is 348 g/mol. The molecule has 0 bridgehead atoms. The zero-order valence-corrected chi connectivity index (χ0v) is 13.9. The number of halogens is 2. The van der Waals surface area contributed by atoms with Crippen LogP contribution in [0.3, 0.4) is 0 Å². The second kappa shape index (κ2) is 7.77. The molecule has 0 radical (unpaired) electrons. The van der Waals surface area contributed by atoms with Crippen LogP contribution < -0.4 is 30.0 Å². The molecule has 26 heavy (non-hydrogen) atoms. The van der Waals surface area contributed by atoms with Gasteiger partial charge in [0.05, 0.1) is 13.7 Å². The van der Waals surface area contributed by atoms with Crippen LogP contribution in [0.15, 0.2) is 41.4 Å². The molecule has 138 valence electrons. The first-order valence-electron chi connectivity index (χ1n) is 7.63. The van der Waals surface area contributed by atoms with E-state index in [1.165, 1.54) is 6.07 Å². The van der Waals surface area contributed by atoms with Gasteiger partial charge in [-0.25, -0.2) is 4.99 Å². The summed E-state index contributed by atoms with van der Waals surface area (Å²) in [6.45, 7) is -2.92. The number of nitrogens with zero attached hydrogens (tertiary/aromatic N) is 1. The minimum absolute atomic E-state index is 0.0215. The Balaban J connectivity index is 1.73. The van der Waals surface area contributed by atoms with Gasteiger partial charge in [0, 0.05) is 17.3 Å². The average molecular weight is 365 g/mol. The number of nitrogens with two attached hydrogens (primary N) is 1. The lowest BCUT2D eigenvalue weighted by Gasteiger charge is -2.11. The van der Waals surface area contributed by atoms with Gasteiger partial charge < -0.3 is 30.0 Å². The van der Waals surface area contributed by atoms with Gasteiger partial charge in [0.15, 0.2) is 17.5 Å². The van der Waals surface area contributed by atoms with Crippen molar-refractivity contribution in [2.45, 2.75) is 13.2 Å². The van der Waals surface area contributed by atoms with E-state index < -0.39 is 6.61 Å². The van der Waals surface area contributed by atoms with Crippen LogP contribution in [0.1, 0.15) is 5.56 Å². The lowest BCUT2D eigenvalue weighted by Crippen LogP contribution is -2.22. The molecular formula is C17H17F2N3O4. The van der Waals surface area contributed by atoms with Gasteiger partial charge in [-0.1, -0.05) is 0 Å². The van der Waals surface area contributed by atoms with Crippen molar-refractivity contribution >= 4 is 11.6 Å². The number of aliphatic imine (C=N–C) groups is 1. The molecule has 0 aliphatic carbocycles. The van der Waals surface area contributed by atoms with Gasteiger partial charge >= 0.3 is 6.61 Å². The van der Waals surface area contributed by atoms with Crippen LogP contribution in [0.4, 0.5) is 14.5 Å². The first kappa shape index (κ1) is 17.6. The molecule has 7 nitrogen and oxygen atoms in total. The summed E-state index contributed by atoms with van der Waals surface area (Å²) < 4.78 is 45.3. The van der Waals surface area contributed by atoms with E-state index in [9.17, 15) is 8.78 Å². The molecule has 9 heteroatoms. The van der Waals surface area contributed by atoms with E-state index in [0.29, 0.717) is 28.5 Å². The highest BCUT2D eigenvalue weighted by atomic mass is 19.3. The van der Waals surface area contributed by atoms with Crippen molar-refractivity contribution in [3.05, 3.63) is 42.0 Å². The Hall–Kier alpha value is -3.23. The van der Waals surface area contributed by atoms with E-state index in [2.05, 4.69) is 15.0 Å². The number of hydrogen-bond acceptors (Lipinski definition) is 5. The number of rotatable bonds is 6. The molecule has 0 saturated carbocycles. The summed E-state index contributed by atoms with van der Waals surface area (Å²) in [4.78, 5) is 4.16. The zero-order valence-electron chi connectivity index (χ0n) is 13.9. The van der Waals surface area contributed by atoms with E-state index in [1.54, 1.807) is 37.4 Å². The van der Waals surface area contributed by atoms with Crippen LogP contribution in [0.5, 0.6) is 23.0 Å². The van der Waals surface area contributed by atoms with Gasteiger partial charge in [0.1, 0.15) is 11.5 Å². The summed E-state index contributed by atoms with van der Waals surface area (Å²) in [6.07, 6.45) is 0. The third kappa shape index (κ3) is 4.24. The molecule has 1 heterocycles. The number of hydrogen-bond donors (Lipinski definition) is 2. The fourth-order valence-electron chi connectivity index (χ4n) is 2.33. The first-order valence-corrected chi connectivity index (χ1v) is 7.63. The Bertz CT molecular complexity index is 797. The van der Waals surface area contributed by atoms with Gasteiger partial charge in [0.25, 0.3) is 0 Å². The lowest BCUT2D eigenvalue weighted by atomic mass is 10.1. The number of anilines is 1. The molecule has 1 aliphatic rings. The van der Waals surface area contributed by atoms with Crippen LogP contribution in [0.25, 0.3) is 0 Å². The van der Waals surface area contributed by atoms with E-state index in [0.717, 1.165) is 0 Å². The molecule has 2 aromatic rings. The monoisotopic (exact) mass is 365 g/mol. The van der Waals surface area contributed by atoms with Gasteiger partial charge in [-0.3, -0.25) is 0 Å². The Morgan fingerprint density at radius 3 is 2.58 bits per heavy atom. The molecule has 0 unspecified atom stereocenters. The number of alkyl halides is 2. The second-order valence-electron chi connectivity index (χ2n) is 5.25. The van der Waals surface area contributed by atoms with E-state index in [-0.39, 0.29) is 25.0 Å². The number of ether oxygens (including phenoxy) is 4. The van der Waals surface area contributed by atoms with Gasteiger partial charge in [-0.15, -0.1) is 0 Å². The summed E-state index contributed by atoms with van der Waals surface area (Å²) in [5.74, 6) is 1.58. The van der Waals surface area contributed by atoms with Crippen LogP contribution in [-0.2, 0) is 6.54 Å². The Labute approximate surface area is 148 Å².